The number of nitrogens with one attached hydrogen (secondary N) is 2. The molecule has 0 amide bonds. The van der Waals surface area contributed by atoms with E-state index in [1.165, 1.54) is 24.9 Å². The van der Waals surface area contributed by atoms with Gasteiger partial charge in [-0.2, -0.15) is 0 Å². The van der Waals surface area contributed by atoms with E-state index in [0.29, 0.717) is 6.04 Å². The molecule has 2 rings (SSSR count). The molecule has 4 heteroatoms. The lowest BCUT2D eigenvalue weighted by Crippen LogP contribution is -2.43. The fraction of sp³-hybridized carbons (Fsp3) is 0.533. The number of benzene rings is 1. The molecule has 2 N–H and O–H groups in total. The minimum atomic E-state index is 0.635. The van der Waals surface area contributed by atoms with Gasteiger partial charge in [0.1, 0.15) is 0 Å². The maximum absolute atomic E-state index is 4.27. The lowest BCUT2D eigenvalue weighted by atomic mass is 10.2. The molecule has 1 aromatic rings. The van der Waals surface area contributed by atoms with Crippen LogP contribution in [0.3, 0.4) is 0 Å². The van der Waals surface area contributed by atoms with Gasteiger partial charge in [0.05, 0.1) is 0 Å². The summed E-state index contributed by atoms with van der Waals surface area (Å²) in [6, 6.07) is 11.0. The molecule has 0 aliphatic carbocycles. The molecule has 0 aromatic heterocycles. The number of hydrogen-bond donors (Lipinski definition) is 2. The normalized spacial score (nSPS) is 20.5. The van der Waals surface area contributed by atoms with Crippen LogP contribution in [0.25, 0.3) is 0 Å². The fourth-order valence-electron chi connectivity index (χ4n) is 2.45. The second-order valence-electron chi connectivity index (χ2n) is 5.07. The van der Waals surface area contributed by atoms with Crippen molar-refractivity contribution in [1.29, 1.82) is 0 Å². The van der Waals surface area contributed by atoms with Crippen LogP contribution in [0.1, 0.15) is 18.4 Å². The average Bonchev–Trinajstić information content (AvgIpc) is 2.86. The standard InChI is InChI=1S/C15H24N4/c1-16-15(17-11-13-7-4-3-5-8-13)18-12-14-9-6-10-19(14)2/h3-5,7-8,14H,6,9-12H2,1-2H3,(H2,16,17,18). The van der Waals surface area contributed by atoms with E-state index >= 15 is 0 Å². The molecule has 1 atom stereocenters. The Hall–Kier alpha value is -1.55. The highest BCUT2D eigenvalue weighted by molar-refractivity contribution is 5.79. The second kappa shape index (κ2) is 7.14. The van der Waals surface area contributed by atoms with Gasteiger partial charge in [-0.05, 0) is 32.0 Å². The Balaban J connectivity index is 1.75. The summed E-state index contributed by atoms with van der Waals surface area (Å²) >= 11 is 0. The van der Waals surface area contributed by atoms with Crippen LogP contribution in [0.4, 0.5) is 0 Å². The first-order chi connectivity index (χ1) is 9.29. The van der Waals surface area contributed by atoms with E-state index in [0.717, 1.165) is 19.0 Å². The van der Waals surface area contributed by atoms with E-state index < -0.39 is 0 Å². The van der Waals surface area contributed by atoms with Crippen LogP contribution < -0.4 is 10.6 Å². The van der Waals surface area contributed by atoms with Crippen molar-refractivity contribution >= 4 is 5.96 Å². The molecule has 1 heterocycles. The van der Waals surface area contributed by atoms with Crippen LogP contribution in [0.5, 0.6) is 0 Å². The fourth-order valence-corrected chi connectivity index (χ4v) is 2.45. The topological polar surface area (TPSA) is 39.7 Å². The Morgan fingerprint density at radius 1 is 1.32 bits per heavy atom. The largest absolute Gasteiger partial charge is 0.355 e. The molecule has 1 unspecified atom stereocenters. The monoisotopic (exact) mass is 260 g/mol. The number of hydrogen-bond acceptors (Lipinski definition) is 2. The molecule has 4 nitrogen and oxygen atoms in total. The quantitative estimate of drug-likeness (QED) is 0.636. The third-order valence-electron chi connectivity index (χ3n) is 3.70. The number of guanidine groups is 1. The number of rotatable bonds is 4. The zero-order valence-electron chi connectivity index (χ0n) is 11.9. The van der Waals surface area contributed by atoms with Crippen LogP contribution >= 0.6 is 0 Å². The molecule has 0 bridgehead atoms. The van der Waals surface area contributed by atoms with Crippen molar-refractivity contribution in [2.24, 2.45) is 4.99 Å². The molecule has 1 aliphatic heterocycles. The van der Waals surface area contributed by atoms with E-state index in [2.05, 4.69) is 51.8 Å². The molecule has 1 aromatic carbocycles. The van der Waals surface area contributed by atoms with Crippen LogP contribution in [-0.4, -0.2) is 44.1 Å². The van der Waals surface area contributed by atoms with E-state index in [4.69, 9.17) is 0 Å². The molecule has 1 saturated heterocycles. The smallest absolute Gasteiger partial charge is 0.191 e. The maximum Gasteiger partial charge on any atom is 0.191 e. The maximum atomic E-state index is 4.27. The summed E-state index contributed by atoms with van der Waals surface area (Å²) in [5, 5.41) is 6.75. The van der Waals surface area contributed by atoms with E-state index in [1.807, 2.05) is 13.1 Å². The molecule has 104 valence electrons. The zero-order chi connectivity index (χ0) is 13.5. The third kappa shape index (κ3) is 4.24. The first-order valence-corrected chi connectivity index (χ1v) is 6.98. The zero-order valence-corrected chi connectivity index (χ0v) is 11.9. The SMILES string of the molecule is CN=C(NCc1ccccc1)NCC1CCCN1C. The van der Waals surface area contributed by atoms with E-state index in [-0.39, 0.29) is 0 Å². The highest BCUT2D eigenvalue weighted by atomic mass is 15.2. The third-order valence-corrected chi connectivity index (χ3v) is 3.70. The number of likely N-dealkylation sites (tertiary alicyclic amines) is 1. The lowest BCUT2D eigenvalue weighted by Gasteiger charge is -2.21. The molecular weight excluding hydrogens is 236 g/mol. The Morgan fingerprint density at radius 3 is 2.74 bits per heavy atom. The van der Waals surface area contributed by atoms with Gasteiger partial charge >= 0.3 is 0 Å². The number of nitrogens with zero attached hydrogens (tertiary/aromatic N) is 2. The number of likely N-dealkylation sites (N-methyl/N-ethyl adjacent to an activating group) is 1. The molecule has 1 aliphatic rings. The van der Waals surface area contributed by atoms with Gasteiger partial charge in [-0.3, -0.25) is 4.99 Å². The first-order valence-electron chi connectivity index (χ1n) is 6.98. The van der Waals surface area contributed by atoms with Crippen LogP contribution in [0.2, 0.25) is 0 Å². The van der Waals surface area contributed by atoms with Crippen molar-refractivity contribution in [1.82, 2.24) is 15.5 Å². The minimum absolute atomic E-state index is 0.635. The molecule has 0 spiro atoms. The Bertz CT molecular complexity index is 402. The Kier molecular flexibility index (Phi) is 5.21. The van der Waals surface area contributed by atoms with Gasteiger partial charge in [0.2, 0.25) is 0 Å². The summed E-state index contributed by atoms with van der Waals surface area (Å²) in [5.41, 5.74) is 1.27. The van der Waals surface area contributed by atoms with Crippen molar-refractivity contribution in [3.8, 4) is 0 Å². The Morgan fingerprint density at radius 2 is 2.11 bits per heavy atom. The van der Waals surface area contributed by atoms with Crippen molar-refractivity contribution in [2.75, 3.05) is 27.2 Å². The summed E-state index contributed by atoms with van der Waals surface area (Å²) < 4.78 is 0. The van der Waals surface area contributed by atoms with Crippen molar-refractivity contribution in [2.45, 2.75) is 25.4 Å². The molecule has 0 radical (unpaired) electrons. The van der Waals surface area contributed by atoms with Crippen LogP contribution in [-0.2, 0) is 6.54 Å². The van der Waals surface area contributed by atoms with Crippen molar-refractivity contribution < 1.29 is 0 Å². The summed E-state index contributed by atoms with van der Waals surface area (Å²) in [4.78, 5) is 6.68. The average molecular weight is 260 g/mol. The highest BCUT2D eigenvalue weighted by Crippen LogP contribution is 2.13. The molecule has 0 saturated carbocycles. The van der Waals surface area contributed by atoms with Crippen LogP contribution in [0, 0.1) is 0 Å². The first kappa shape index (κ1) is 13.9. The summed E-state index contributed by atoms with van der Waals surface area (Å²) in [7, 11) is 4.01. The second-order valence-corrected chi connectivity index (χ2v) is 5.07. The van der Waals surface area contributed by atoms with Gasteiger partial charge in [0, 0.05) is 26.2 Å². The molecule has 19 heavy (non-hydrogen) atoms. The van der Waals surface area contributed by atoms with E-state index in [1.54, 1.807) is 0 Å². The molecule has 1 fully saturated rings. The van der Waals surface area contributed by atoms with E-state index in [9.17, 15) is 0 Å². The van der Waals surface area contributed by atoms with Gasteiger partial charge < -0.3 is 15.5 Å². The predicted molar refractivity (Wildman–Crippen MR) is 80.3 cm³/mol. The summed E-state index contributed by atoms with van der Waals surface area (Å²) in [6.45, 7) is 2.98. The van der Waals surface area contributed by atoms with Crippen molar-refractivity contribution in [3.63, 3.8) is 0 Å². The van der Waals surface area contributed by atoms with Gasteiger partial charge in [0.15, 0.2) is 5.96 Å². The van der Waals surface area contributed by atoms with Crippen LogP contribution in [0.15, 0.2) is 35.3 Å². The predicted octanol–water partition coefficient (Wildman–Crippen LogP) is 1.45. The number of aliphatic imine (C=N–C) groups is 1. The van der Waals surface area contributed by atoms with Gasteiger partial charge in [0.25, 0.3) is 0 Å². The van der Waals surface area contributed by atoms with Gasteiger partial charge in [-0.1, -0.05) is 30.3 Å². The summed E-state index contributed by atoms with van der Waals surface area (Å²) in [6.07, 6.45) is 2.58. The highest BCUT2D eigenvalue weighted by Gasteiger charge is 2.20. The summed E-state index contributed by atoms with van der Waals surface area (Å²) in [5.74, 6) is 0.879. The lowest BCUT2D eigenvalue weighted by molar-refractivity contribution is 0.309. The Labute approximate surface area is 115 Å². The van der Waals surface area contributed by atoms with Gasteiger partial charge in [-0.15, -0.1) is 0 Å². The minimum Gasteiger partial charge on any atom is -0.355 e. The van der Waals surface area contributed by atoms with Gasteiger partial charge in [-0.25, -0.2) is 0 Å². The van der Waals surface area contributed by atoms with Crippen molar-refractivity contribution in [3.05, 3.63) is 35.9 Å². The molecular formula is C15H24N4.